The Balaban J connectivity index is 1.63. The van der Waals surface area contributed by atoms with Crippen molar-refractivity contribution in [2.75, 3.05) is 32.1 Å². The smallest absolute Gasteiger partial charge is 0.253 e. The van der Waals surface area contributed by atoms with Crippen LogP contribution in [-0.4, -0.2) is 48.8 Å². The molecule has 0 atom stereocenters. The molecule has 24 heavy (non-hydrogen) atoms. The van der Waals surface area contributed by atoms with Gasteiger partial charge < -0.3 is 9.80 Å². The van der Waals surface area contributed by atoms with Crippen LogP contribution >= 0.6 is 11.3 Å². The first kappa shape index (κ1) is 16.6. The fourth-order valence-electron chi connectivity index (χ4n) is 2.96. The molecular formula is C18H21N3O2S. The molecule has 1 aromatic heterocycles. The van der Waals surface area contributed by atoms with Gasteiger partial charge in [-0.1, -0.05) is 6.07 Å². The second kappa shape index (κ2) is 7.13. The molecule has 6 heteroatoms. The van der Waals surface area contributed by atoms with Gasteiger partial charge in [-0.2, -0.15) is 0 Å². The average Bonchev–Trinajstić information content (AvgIpc) is 3.15. The van der Waals surface area contributed by atoms with Crippen LogP contribution in [0.3, 0.4) is 0 Å². The zero-order valence-corrected chi connectivity index (χ0v) is 14.8. The number of carbonyl (C=O) groups excluding carboxylic acids is 2. The molecule has 1 aliphatic rings. The normalized spacial score (nSPS) is 15.3. The van der Waals surface area contributed by atoms with E-state index in [1.165, 1.54) is 11.3 Å². The predicted molar refractivity (Wildman–Crippen MR) is 95.8 cm³/mol. The van der Waals surface area contributed by atoms with Crippen LogP contribution in [0, 0.1) is 5.92 Å². The van der Waals surface area contributed by atoms with E-state index in [1.54, 1.807) is 6.20 Å². The molecule has 0 unspecified atom stereocenters. The van der Waals surface area contributed by atoms with Crippen LogP contribution in [0.25, 0.3) is 0 Å². The Morgan fingerprint density at radius 3 is 2.62 bits per heavy atom. The van der Waals surface area contributed by atoms with Gasteiger partial charge >= 0.3 is 0 Å². The van der Waals surface area contributed by atoms with Crippen LogP contribution in [0.1, 0.15) is 33.0 Å². The van der Waals surface area contributed by atoms with E-state index in [2.05, 4.69) is 4.98 Å². The minimum Gasteiger partial charge on any atom is -0.378 e. The number of nitrogens with zero attached hydrogens (tertiary/aromatic N) is 3. The third-order valence-corrected chi connectivity index (χ3v) is 5.19. The van der Waals surface area contributed by atoms with Gasteiger partial charge in [0.1, 0.15) is 0 Å². The number of hydrogen-bond donors (Lipinski definition) is 0. The third kappa shape index (κ3) is 3.48. The number of anilines is 1. The second-order valence-corrected chi connectivity index (χ2v) is 7.11. The van der Waals surface area contributed by atoms with Crippen LogP contribution in [0.15, 0.2) is 35.8 Å². The highest BCUT2D eigenvalue weighted by atomic mass is 32.1. The summed E-state index contributed by atoms with van der Waals surface area (Å²) in [6, 6.07) is 7.65. The summed E-state index contributed by atoms with van der Waals surface area (Å²) in [5.74, 6) is 0.138. The summed E-state index contributed by atoms with van der Waals surface area (Å²) < 4.78 is 0. The molecule has 5 nitrogen and oxygen atoms in total. The Kier molecular flexibility index (Phi) is 4.94. The Hall–Kier alpha value is -2.21. The molecule has 1 amide bonds. The zero-order valence-electron chi connectivity index (χ0n) is 13.9. The first-order chi connectivity index (χ1) is 11.6. The molecule has 0 saturated carbocycles. The van der Waals surface area contributed by atoms with E-state index in [0.29, 0.717) is 36.5 Å². The predicted octanol–water partition coefficient (Wildman–Crippen LogP) is 2.94. The van der Waals surface area contributed by atoms with Gasteiger partial charge in [-0.3, -0.25) is 9.59 Å². The number of rotatable bonds is 4. The van der Waals surface area contributed by atoms with Crippen molar-refractivity contribution in [1.29, 1.82) is 0 Å². The molecule has 1 aromatic carbocycles. The highest BCUT2D eigenvalue weighted by Crippen LogP contribution is 2.24. The maximum Gasteiger partial charge on any atom is 0.253 e. The van der Waals surface area contributed by atoms with E-state index in [9.17, 15) is 9.59 Å². The van der Waals surface area contributed by atoms with Gasteiger partial charge in [0.25, 0.3) is 5.91 Å². The quantitative estimate of drug-likeness (QED) is 0.801. The van der Waals surface area contributed by atoms with Crippen LogP contribution in [0.2, 0.25) is 0 Å². The standard InChI is InChI=1S/C18H21N3O2S/c1-20(2)15-5-3-4-14(12-15)18(23)21-9-6-13(7-10-21)16(22)17-19-8-11-24-17/h3-5,8,11-13H,6-7,9-10H2,1-2H3. The lowest BCUT2D eigenvalue weighted by Gasteiger charge is -2.31. The van der Waals surface area contributed by atoms with Crippen molar-refractivity contribution in [2.45, 2.75) is 12.8 Å². The molecule has 126 valence electrons. The Bertz CT molecular complexity index is 720. The van der Waals surface area contributed by atoms with Crippen LogP contribution < -0.4 is 4.90 Å². The molecule has 1 fully saturated rings. The molecule has 0 spiro atoms. The van der Waals surface area contributed by atoms with E-state index >= 15 is 0 Å². The SMILES string of the molecule is CN(C)c1cccc(C(=O)N2CCC(C(=O)c3nccs3)CC2)c1. The molecule has 2 aromatic rings. The summed E-state index contributed by atoms with van der Waals surface area (Å²) in [5.41, 5.74) is 1.71. The molecule has 1 saturated heterocycles. The number of ketones is 1. The highest BCUT2D eigenvalue weighted by Gasteiger charge is 2.29. The number of likely N-dealkylation sites (tertiary alicyclic amines) is 1. The molecule has 0 bridgehead atoms. The molecule has 3 rings (SSSR count). The monoisotopic (exact) mass is 343 g/mol. The maximum absolute atomic E-state index is 12.7. The summed E-state index contributed by atoms with van der Waals surface area (Å²) in [5, 5.41) is 2.40. The van der Waals surface area contributed by atoms with Crippen molar-refractivity contribution in [3.05, 3.63) is 46.4 Å². The number of Topliss-reactive ketones (excluding diaryl/α,β-unsaturated/α-hetero) is 1. The van der Waals surface area contributed by atoms with E-state index < -0.39 is 0 Å². The Morgan fingerprint density at radius 2 is 2.00 bits per heavy atom. The molecule has 0 aliphatic carbocycles. The number of piperidine rings is 1. The minimum absolute atomic E-state index is 0.0201. The highest BCUT2D eigenvalue weighted by molar-refractivity contribution is 7.11. The summed E-state index contributed by atoms with van der Waals surface area (Å²) in [6.45, 7) is 1.24. The summed E-state index contributed by atoms with van der Waals surface area (Å²) in [7, 11) is 3.92. The van der Waals surface area contributed by atoms with Gasteiger partial charge in [-0.15, -0.1) is 11.3 Å². The van der Waals surface area contributed by atoms with Gasteiger partial charge in [-0.25, -0.2) is 4.98 Å². The van der Waals surface area contributed by atoms with Gasteiger partial charge in [-0.05, 0) is 31.0 Å². The first-order valence-corrected chi connectivity index (χ1v) is 8.94. The number of benzene rings is 1. The van der Waals surface area contributed by atoms with E-state index in [0.717, 1.165) is 5.69 Å². The van der Waals surface area contributed by atoms with Crippen molar-refractivity contribution in [3.63, 3.8) is 0 Å². The van der Waals surface area contributed by atoms with E-state index in [-0.39, 0.29) is 17.6 Å². The van der Waals surface area contributed by atoms with Crippen molar-refractivity contribution >= 4 is 28.7 Å². The number of thiazole rings is 1. The third-order valence-electron chi connectivity index (χ3n) is 4.41. The van der Waals surface area contributed by atoms with Gasteiger partial charge in [0.05, 0.1) is 0 Å². The number of carbonyl (C=O) groups is 2. The summed E-state index contributed by atoms with van der Waals surface area (Å²) >= 11 is 1.39. The van der Waals surface area contributed by atoms with E-state index in [4.69, 9.17) is 0 Å². The largest absolute Gasteiger partial charge is 0.378 e. The Morgan fingerprint density at radius 1 is 1.25 bits per heavy atom. The summed E-state index contributed by atoms with van der Waals surface area (Å²) in [6.07, 6.45) is 3.07. The topological polar surface area (TPSA) is 53.5 Å². The maximum atomic E-state index is 12.7. The van der Waals surface area contributed by atoms with Crippen molar-refractivity contribution in [2.24, 2.45) is 5.92 Å². The number of amides is 1. The average molecular weight is 343 g/mol. The lowest BCUT2D eigenvalue weighted by Crippen LogP contribution is -2.40. The lowest BCUT2D eigenvalue weighted by atomic mass is 9.92. The zero-order chi connectivity index (χ0) is 17.1. The molecule has 0 N–H and O–H groups in total. The lowest BCUT2D eigenvalue weighted by molar-refractivity contribution is 0.0650. The fourth-order valence-corrected chi connectivity index (χ4v) is 3.62. The van der Waals surface area contributed by atoms with Crippen LogP contribution in [-0.2, 0) is 0 Å². The first-order valence-electron chi connectivity index (χ1n) is 8.06. The minimum atomic E-state index is -0.0201. The molecule has 2 heterocycles. The summed E-state index contributed by atoms with van der Waals surface area (Å²) in [4.78, 5) is 33.0. The van der Waals surface area contributed by atoms with Gasteiger partial charge in [0.2, 0.25) is 0 Å². The van der Waals surface area contributed by atoms with Gasteiger partial charge in [0, 0.05) is 55.9 Å². The van der Waals surface area contributed by atoms with Crippen LogP contribution in [0.5, 0.6) is 0 Å². The molecule has 0 radical (unpaired) electrons. The number of hydrogen-bond acceptors (Lipinski definition) is 5. The van der Waals surface area contributed by atoms with Crippen molar-refractivity contribution in [3.8, 4) is 0 Å². The molecule has 1 aliphatic heterocycles. The van der Waals surface area contributed by atoms with Crippen LogP contribution in [0.4, 0.5) is 5.69 Å². The van der Waals surface area contributed by atoms with Crippen molar-refractivity contribution in [1.82, 2.24) is 9.88 Å². The second-order valence-electron chi connectivity index (χ2n) is 6.21. The molecular weight excluding hydrogens is 322 g/mol. The number of aromatic nitrogens is 1. The fraction of sp³-hybridized carbons (Fsp3) is 0.389. The van der Waals surface area contributed by atoms with Crippen molar-refractivity contribution < 1.29 is 9.59 Å². The van der Waals surface area contributed by atoms with E-state index in [1.807, 2.05) is 53.5 Å². The van der Waals surface area contributed by atoms with Gasteiger partial charge in [0.15, 0.2) is 10.8 Å². The Labute approximate surface area is 145 Å².